The van der Waals surface area contributed by atoms with Gasteiger partial charge in [0.2, 0.25) is 0 Å². The van der Waals surface area contributed by atoms with Crippen LogP contribution in [0.4, 0.5) is 0 Å². The van der Waals surface area contributed by atoms with Gasteiger partial charge in [-0.2, -0.15) is 0 Å². The topological polar surface area (TPSA) is 66.4 Å². The predicted molar refractivity (Wildman–Crippen MR) is 196 cm³/mol. The molecular weight excluding hydrogens is 629 g/mol. The quantitative estimate of drug-likeness (QED) is 0.133. The molecule has 1 aliphatic heterocycles. The third kappa shape index (κ3) is 8.47. The second-order valence-electron chi connectivity index (χ2n) is 14.1. The molecule has 0 spiro atoms. The summed E-state index contributed by atoms with van der Waals surface area (Å²) in [6.45, 7) is 12.3. The Kier molecular flexibility index (Phi) is 10.3. The van der Waals surface area contributed by atoms with Crippen LogP contribution in [0.15, 0.2) is 121 Å². The van der Waals surface area contributed by atoms with Gasteiger partial charge in [-0.3, -0.25) is 0 Å². The van der Waals surface area contributed by atoms with Gasteiger partial charge in [0, 0.05) is 24.1 Å². The third-order valence-corrected chi connectivity index (χ3v) is 13.7. The maximum atomic E-state index is 11.6. The molecule has 6 rings (SSSR count). The van der Waals surface area contributed by atoms with E-state index in [1.807, 2.05) is 121 Å². The lowest BCUT2D eigenvalue weighted by Gasteiger charge is -2.37. The first-order valence-electron chi connectivity index (χ1n) is 16.9. The fourth-order valence-corrected chi connectivity index (χ4v) is 6.49. The van der Waals surface area contributed by atoms with Gasteiger partial charge in [-0.25, -0.2) is 0 Å². The zero-order valence-electron chi connectivity index (χ0n) is 29.0. The summed E-state index contributed by atoms with van der Waals surface area (Å²) in [7, 11) is -2.24. The SMILES string of the molecule is CC(C)(C)[Si](C)(C)Oc1cc([C@H]2Oc3cc(OCc4ccccc4)cc(OCc4ccccc4)c3C[C@H]2O)ccc1OCc1ccccc1. The Morgan fingerprint density at radius 1 is 0.653 bits per heavy atom. The molecule has 1 aliphatic rings. The molecule has 0 saturated heterocycles. The molecule has 7 heteroatoms. The summed E-state index contributed by atoms with van der Waals surface area (Å²) in [4.78, 5) is 0. The highest BCUT2D eigenvalue weighted by Crippen LogP contribution is 2.45. The molecule has 1 heterocycles. The van der Waals surface area contributed by atoms with E-state index in [2.05, 4.69) is 33.9 Å². The minimum atomic E-state index is -2.24. The van der Waals surface area contributed by atoms with Crippen LogP contribution >= 0.6 is 0 Å². The van der Waals surface area contributed by atoms with Gasteiger partial charge >= 0.3 is 0 Å². The lowest BCUT2D eigenvalue weighted by molar-refractivity contribution is 0.0193. The molecule has 0 bridgehead atoms. The van der Waals surface area contributed by atoms with Crippen molar-refractivity contribution >= 4 is 8.32 Å². The van der Waals surface area contributed by atoms with Gasteiger partial charge in [0.05, 0.1) is 6.10 Å². The van der Waals surface area contributed by atoms with Crippen molar-refractivity contribution in [2.24, 2.45) is 0 Å². The molecule has 2 atom stereocenters. The van der Waals surface area contributed by atoms with Crippen LogP contribution in [0.1, 0.15) is 54.7 Å². The first kappa shape index (κ1) is 34.2. The van der Waals surface area contributed by atoms with E-state index >= 15 is 0 Å². The number of benzene rings is 5. The maximum Gasteiger partial charge on any atom is 0.250 e. The summed E-state index contributed by atoms with van der Waals surface area (Å²) in [5, 5.41) is 11.6. The first-order chi connectivity index (χ1) is 23.6. The van der Waals surface area contributed by atoms with Crippen molar-refractivity contribution in [2.45, 2.75) is 77.4 Å². The van der Waals surface area contributed by atoms with Crippen molar-refractivity contribution in [2.75, 3.05) is 0 Å². The summed E-state index contributed by atoms with van der Waals surface area (Å²) >= 11 is 0. The van der Waals surface area contributed by atoms with Crippen LogP contribution < -0.4 is 23.4 Å². The Hall–Kier alpha value is -4.72. The van der Waals surface area contributed by atoms with E-state index in [1.54, 1.807) is 0 Å². The van der Waals surface area contributed by atoms with E-state index in [0.717, 1.165) is 27.8 Å². The van der Waals surface area contributed by atoms with Gasteiger partial charge < -0.3 is 28.5 Å². The molecule has 5 aromatic rings. The van der Waals surface area contributed by atoms with Crippen molar-refractivity contribution in [3.8, 4) is 28.7 Å². The van der Waals surface area contributed by atoms with Crippen molar-refractivity contribution in [1.82, 2.24) is 0 Å². The van der Waals surface area contributed by atoms with Gasteiger partial charge in [0.25, 0.3) is 8.32 Å². The van der Waals surface area contributed by atoms with Crippen molar-refractivity contribution in [1.29, 1.82) is 0 Å². The van der Waals surface area contributed by atoms with Crippen LogP contribution in [0.3, 0.4) is 0 Å². The summed E-state index contributed by atoms with van der Waals surface area (Å²) in [6.07, 6.45) is -1.10. The van der Waals surface area contributed by atoms with Gasteiger partial charge in [0.15, 0.2) is 5.75 Å². The Morgan fingerprint density at radius 2 is 1.18 bits per heavy atom. The van der Waals surface area contributed by atoms with Gasteiger partial charge in [-0.05, 0) is 52.5 Å². The normalized spacial score (nSPS) is 15.9. The van der Waals surface area contributed by atoms with Gasteiger partial charge in [0.1, 0.15) is 48.9 Å². The van der Waals surface area contributed by atoms with Crippen LogP contribution in [0.5, 0.6) is 28.7 Å². The molecule has 0 amide bonds. The highest BCUT2D eigenvalue weighted by atomic mass is 28.4. The third-order valence-electron chi connectivity index (χ3n) is 9.35. The smallest absolute Gasteiger partial charge is 0.250 e. The molecule has 254 valence electrons. The van der Waals surface area contributed by atoms with Crippen LogP contribution in [0, 0.1) is 0 Å². The van der Waals surface area contributed by atoms with Crippen LogP contribution in [-0.2, 0) is 26.2 Å². The summed E-state index contributed by atoms with van der Waals surface area (Å²) in [5.74, 6) is 3.21. The molecule has 0 unspecified atom stereocenters. The molecular formula is C42H46O6Si. The average molecular weight is 675 g/mol. The lowest BCUT2D eigenvalue weighted by Crippen LogP contribution is -2.44. The molecule has 5 aromatic carbocycles. The van der Waals surface area contributed by atoms with Gasteiger partial charge in [-0.1, -0.05) is 118 Å². The van der Waals surface area contributed by atoms with Crippen molar-refractivity contribution in [3.05, 3.63) is 149 Å². The van der Waals surface area contributed by atoms with E-state index in [0.29, 0.717) is 55.0 Å². The fourth-order valence-electron chi connectivity index (χ4n) is 5.48. The fraction of sp³-hybridized carbons (Fsp3) is 0.286. The Labute approximate surface area is 291 Å². The van der Waals surface area contributed by atoms with Crippen LogP contribution in [0.25, 0.3) is 0 Å². The Balaban J connectivity index is 1.31. The zero-order valence-corrected chi connectivity index (χ0v) is 30.0. The second kappa shape index (κ2) is 14.8. The molecule has 6 nitrogen and oxygen atoms in total. The predicted octanol–water partition coefficient (Wildman–Crippen LogP) is 9.84. The Bertz CT molecular complexity index is 1820. The van der Waals surface area contributed by atoms with Crippen LogP contribution in [-0.4, -0.2) is 19.5 Å². The molecule has 0 fully saturated rings. The van der Waals surface area contributed by atoms with Crippen LogP contribution in [0.2, 0.25) is 18.1 Å². The van der Waals surface area contributed by atoms with E-state index in [1.165, 1.54) is 0 Å². The maximum absolute atomic E-state index is 11.6. The van der Waals surface area contributed by atoms with Gasteiger partial charge in [-0.15, -0.1) is 0 Å². The molecule has 0 radical (unpaired) electrons. The monoisotopic (exact) mass is 674 g/mol. The lowest BCUT2D eigenvalue weighted by atomic mass is 9.93. The minimum absolute atomic E-state index is 0.0220. The molecule has 0 saturated carbocycles. The number of hydrogen-bond donors (Lipinski definition) is 1. The minimum Gasteiger partial charge on any atom is -0.541 e. The zero-order chi connectivity index (χ0) is 34.4. The number of fused-ring (bicyclic) bond motifs is 1. The Morgan fingerprint density at radius 3 is 1.73 bits per heavy atom. The molecule has 0 aromatic heterocycles. The number of ether oxygens (including phenoxy) is 4. The number of aliphatic hydroxyl groups is 1. The average Bonchev–Trinajstić information content (AvgIpc) is 3.10. The van der Waals surface area contributed by atoms with Crippen molar-refractivity contribution in [3.63, 3.8) is 0 Å². The highest BCUT2D eigenvalue weighted by Gasteiger charge is 2.40. The molecule has 49 heavy (non-hydrogen) atoms. The molecule has 1 N–H and O–H groups in total. The van der Waals surface area contributed by atoms with Crippen molar-refractivity contribution < 1.29 is 28.5 Å². The summed E-state index contributed by atoms with van der Waals surface area (Å²) in [6, 6.07) is 39.8. The first-order valence-corrected chi connectivity index (χ1v) is 19.8. The largest absolute Gasteiger partial charge is 0.541 e. The van der Waals surface area contributed by atoms with E-state index in [-0.39, 0.29) is 5.04 Å². The van der Waals surface area contributed by atoms with E-state index < -0.39 is 20.5 Å². The standard InChI is InChI=1S/C42H46O6Si/c1-42(2,3)49(4,5)48-40-23-33(21-22-37(40)45-28-31-17-11-7-12-18-31)41-36(43)26-35-38(46-29-32-19-13-8-14-20-32)24-34(25-39(35)47-41)44-27-30-15-9-6-10-16-30/h6-25,36,41,43H,26-29H2,1-5H3/t36-,41-/m1/s1. The summed E-state index contributed by atoms with van der Waals surface area (Å²) < 4.78 is 32.4. The highest BCUT2D eigenvalue weighted by molar-refractivity contribution is 6.74. The number of rotatable bonds is 12. The molecule has 0 aliphatic carbocycles. The summed E-state index contributed by atoms with van der Waals surface area (Å²) in [5.41, 5.74) is 4.80. The van der Waals surface area contributed by atoms with E-state index in [4.69, 9.17) is 23.4 Å². The second-order valence-corrected chi connectivity index (χ2v) is 18.8. The van der Waals surface area contributed by atoms with E-state index in [9.17, 15) is 5.11 Å². The number of hydrogen-bond acceptors (Lipinski definition) is 6. The number of aliphatic hydroxyl groups excluding tert-OH is 1.